The van der Waals surface area contributed by atoms with Crippen LogP contribution in [0.15, 0.2) is 79.1 Å². The van der Waals surface area contributed by atoms with Crippen LogP contribution in [-0.4, -0.2) is 47.0 Å². The van der Waals surface area contributed by atoms with Gasteiger partial charge >= 0.3 is 0 Å². The molecule has 1 saturated heterocycles. The van der Waals surface area contributed by atoms with Crippen LogP contribution in [0.4, 0.5) is 5.82 Å². The number of aromatic nitrogens is 3. The third-order valence-corrected chi connectivity index (χ3v) is 5.95. The molecule has 1 N–H and O–H groups in total. The smallest absolute Gasteiger partial charge is 0.255 e. The summed E-state index contributed by atoms with van der Waals surface area (Å²) in [6.45, 7) is 3.40. The van der Waals surface area contributed by atoms with Crippen LogP contribution in [-0.2, 0) is 11.3 Å². The van der Waals surface area contributed by atoms with Gasteiger partial charge in [0.15, 0.2) is 0 Å². The lowest BCUT2D eigenvalue weighted by atomic mass is 10.1. The summed E-state index contributed by atoms with van der Waals surface area (Å²) in [5.41, 5.74) is 3.77. The predicted molar refractivity (Wildman–Crippen MR) is 132 cm³/mol. The zero-order chi connectivity index (χ0) is 23.3. The van der Waals surface area contributed by atoms with Crippen LogP contribution in [0.2, 0.25) is 5.02 Å². The van der Waals surface area contributed by atoms with E-state index in [4.69, 9.17) is 21.4 Å². The minimum atomic E-state index is -0.197. The van der Waals surface area contributed by atoms with E-state index in [2.05, 4.69) is 15.2 Å². The molecule has 34 heavy (non-hydrogen) atoms. The second kappa shape index (κ2) is 10.1. The van der Waals surface area contributed by atoms with Crippen LogP contribution in [0, 0.1) is 0 Å². The largest absolute Gasteiger partial charge is 0.378 e. The van der Waals surface area contributed by atoms with Gasteiger partial charge in [-0.1, -0.05) is 41.9 Å². The van der Waals surface area contributed by atoms with Crippen LogP contribution in [0.25, 0.3) is 16.9 Å². The molecule has 1 aliphatic heterocycles. The van der Waals surface area contributed by atoms with Gasteiger partial charge in [-0.3, -0.25) is 4.79 Å². The molecule has 2 aromatic heterocycles. The Morgan fingerprint density at radius 3 is 2.56 bits per heavy atom. The second-order valence-corrected chi connectivity index (χ2v) is 8.42. The van der Waals surface area contributed by atoms with Crippen LogP contribution >= 0.6 is 11.6 Å². The topological polar surface area (TPSA) is 72.3 Å². The van der Waals surface area contributed by atoms with Gasteiger partial charge in [0.05, 0.1) is 24.5 Å². The number of nitrogens with zero attached hydrogens (tertiary/aromatic N) is 4. The quantitative estimate of drug-likeness (QED) is 0.450. The van der Waals surface area contributed by atoms with Gasteiger partial charge < -0.3 is 15.0 Å². The molecule has 2 aromatic carbocycles. The van der Waals surface area contributed by atoms with E-state index in [1.807, 2.05) is 54.6 Å². The van der Waals surface area contributed by atoms with Crippen molar-refractivity contribution < 1.29 is 9.53 Å². The van der Waals surface area contributed by atoms with Gasteiger partial charge in [-0.05, 0) is 42.0 Å². The Kier molecular flexibility index (Phi) is 6.56. The van der Waals surface area contributed by atoms with E-state index in [0.717, 1.165) is 35.7 Å². The molecule has 0 aliphatic carbocycles. The Hall–Kier alpha value is -3.68. The average Bonchev–Trinajstić information content (AvgIpc) is 3.35. The van der Waals surface area contributed by atoms with Crippen molar-refractivity contribution in [3.05, 3.63) is 95.3 Å². The molecule has 4 aromatic rings. The van der Waals surface area contributed by atoms with Crippen molar-refractivity contribution in [1.82, 2.24) is 20.1 Å². The number of morpholine rings is 1. The average molecular weight is 474 g/mol. The highest BCUT2D eigenvalue weighted by Gasteiger charge is 2.19. The molecule has 5 rings (SSSR count). The summed E-state index contributed by atoms with van der Waals surface area (Å²) in [6, 6.07) is 21.0. The highest BCUT2D eigenvalue weighted by atomic mass is 35.5. The van der Waals surface area contributed by atoms with Crippen LogP contribution in [0.1, 0.15) is 15.9 Å². The van der Waals surface area contributed by atoms with Crippen molar-refractivity contribution in [3.63, 3.8) is 0 Å². The lowest BCUT2D eigenvalue weighted by molar-refractivity contribution is 0.0951. The highest BCUT2D eigenvalue weighted by Crippen LogP contribution is 2.25. The van der Waals surface area contributed by atoms with Gasteiger partial charge in [0.2, 0.25) is 0 Å². The molecule has 0 atom stereocenters. The number of halogens is 1. The molecule has 0 spiro atoms. The summed E-state index contributed by atoms with van der Waals surface area (Å²) in [5.74, 6) is 0.700. The number of hydrogen-bond donors (Lipinski definition) is 1. The number of benzene rings is 2. The Balaban J connectivity index is 1.38. The van der Waals surface area contributed by atoms with Crippen molar-refractivity contribution >= 4 is 23.3 Å². The number of anilines is 1. The minimum Gasteiger partial charge on any atom is -0.378 e. The molecular formula is C26H24ClN5O2. The first-order valence-corrected chi connectivity index (χ1v) is 11.5. The zero-order valence-electron chi connectivity index (χ0n) is 18.5. The van der Waals surface area contributed by atoms with E-state index in [9.17, 15) is 4.79 Å². The monoisotopic (exact) mass is 473 g/mol. The summed E-state index contributed by atoms with van der Waals surface area (Å²) < 4.78 is 7.15. The number of nitrogens with one attached hydrogen (secondary N) is 1. The van der Waals surface area contributed by atoms with E-state index in [0.29, 0.717) is 36.0 Å². The number of rotatable bonds is 6. The highest BCUT2D eigenvalue weighted by molar-refractivity contribution is 6.30. The number of hydrogen-bond acceptors (Lipinski definition) is 5. The lowest BCUT2D eigenvalue weighted by Crippen LogP contribution is -2.36. The zero-order valence-corrected chi connectivity index (χ0v) is 19.3. The summed E-state index contributed by atoms with van der Waals surface area (Å²) in [6.07, 6.45) is 3.54. The first-order chi connectivity index (χ1) is 16.7. The van der Waals surface area contributed by atoms with Gasteiger partial charge in [0.25, 0.3) is 5.91 Å². The van der Waals surface area contributed by atoms with Crippen LogP contribution < -0.4 is 10.2 Å². The van der Waals surface area contributed by atoms with E-state index in [1.165, 1.54) is 0 Å². The fraction of sp³-hybridized carbons (Fsp3) is 0.192. The first-order valence-electron chi connectivity index (χ1n) is 11.1. The normalized spacial score (nSPS) is 13.6. The summed E-state index contributed by atoms with van der Waals surface area (Å²) in [7, 11) is 0. The van der Waals surface area contributed by atoms with E-state index >= 15 is 0 Å². The number of amides is 1. The first kappa shape index (κ1) is 22.1. The minimum absolute atomic E-state index is 0.197. The van der Waals surface area contributed by atoms with E-state index in [1.54, 1.807) is 29.2 Å². The number of carbonyl (C=O) groups is 1. The molecule has 1 fully saturated rings. The lowest BCUT2D eigenvalue weighted by Gasteiger charge is -2.28. The molecule has 0 saturated carbocycles. The van der Waals surface area contributed by atoms with Gasteiger partial charge in [-0.25, -0.2) is 9.67 Å². The fourth-order valence-corrected chi connectivity index (χ4v) is 4.01. The SMILES string of the molecule is O=C(NCc1ccnc(N2CCOCC2)c1)c1cn(-c2ccccc2)nc1-c1ccc(Cl)cc1. The molecule has 3 heterocycles. The van der Waals surface area contributed by atoms with Gasteiger partial charge in [0, 0.05) is 42.6 Å². The fourth-order valence-electron chi connectivity index (χ4n) is 3.89. The maximum absolute atomic E-state index is 13.3. The number of carbonyl (C=O) groups excluding carboxylic acids is 1. The molecule has 7 nitrogen and oxygen atoms in total. The van der Waals surface area contributed by atoms with Gasteiger partial charge in [-0.2, -0.15) is 5.10 Å². The molecule has 0 bridgehead atoms. The molecule has 172 valence electrons. The Morgan fingerprint density at radius 2 is 1.79 bits per heavy atom. The summed E-state index contributed by atoms with van der Waals surface area (Å²) in [5, 5.41) is 8.39. The van der Waals surface area contributed by atoms with Crippen LogP contribution in [0.5, 0.6) is 0 Å². The Labute approximate surface area is 203 Å². The molecule has 8 heteroatoms. The molecule has 1 aliphatic rings. The van der Waals surface area contributed by atoms with Gasteiger partial charge in [-0.15, -0.1) is 0 Å². The van der Waals surface area contributed by atoms with Crippen LogP contribution in [0.3, 0.4) is 0 Å². The van der Waals surface area contributed by atoms with Crippen molar-refractivity contribution in [3.8, 4) is 16.9 Å². The van der Waals surface area contributed by atoms with Crippen molar-refractivity contribution in [1.29, 1.82) is 0 Å². The third-order valence-electron chi connectivity index (χ3n) is 5.70. The molecule has 1 amide bonds. The van der Waals surface area contributed by atoms with Crippen molar-refractivity contribution in [2.45, 2.75) is 6.54 Å². The maximum atomic E-state index is 13.3. The Morgan fingerprint density at radius 1 is 1.03 bits per heavy atom. The summed E-state index contributed by atoms with van der Waals surface area (Å²) >= 11 is 6.07. The molecule has 0 unspecified atom stereocenters. The van der Waals surface area contributed by atoms with E-state index in [-0.39, 0.29) is 5.91 Å². The number of ether oxygens (including phenoxy) is 1. The Bertz CT molecular complexity index is 1270. The third kappa shape index (κ3) is 4.95. The molecule has 0 radical (unpaired) electrons. The predicted octanol–water partition coefficient (Wildman–Crippen LogP) is 4.35. The maximum Gasteiger partial charge on any atom is 0.255 e. The van der Waals surface area contributed by atoms with Crippen molar-refractivity contribution in [2.24, 2.45) is 0 Å². The van der Waals surface area contributed by atoms with E-state index < -0.39 is 0 Å². The summed E-state index contributed by atoms with van der Waals surface area (Å²) in [4.78, 5) is 19.9. The molecular weight excluding hydrogens is 450 g/mol. The van der Waals surface area contributed by atoms with Crippen molar-refractivity contribution in [2.75, 3.05) is 31.2 Å². The number of para-hydroxylation sites is 1. The number of pyridine rings is 1. The second-order valence-electron chi connectivity index (χ2n) is 7.98. The van der Waals surface area contributed by atoms with Gasteiger partial charge in [0.1, 0.15) is 11.5 Å². The standard InChI is InChI=1S/C26H24ClN5O2/c27-21-8-6-20(7-9-21)25-23(18-32(30-25)22-4-2-1-3-5-22)26(33)29-17-19-10-11-28-24(16-19)31-12-14-34-15-13-31/h1-11,16,18H,12-15,17H2,(H,29,33).